The van der Waals surface area contributed by atoms with Gasteiger partial charge in [-0.3, -0.25) is 0 Å². The molecule has 0 saturated carbocycles. The van der Waals surface area contributed by atoms with Crippen LogP contribution in [-0.2, 0) is 0 Å². The summed E-state index contributed by atoms with van der Waals surface area (Å²) in [5, 5.41) is 13.9. The second-order valence-corrected chi connectivity index (χ2v) is 5.19. The fourth-order valence-electron chi connectivity index (χ4n) is 2.77. The molecule has 0 radical (unpaired) electrons. The highest BCUT2D eigenvalue weighted by atomic mass is 19.1. The molecule has 0 amide bonds. The average Bonchev–Trinajstić information content (AvgIpc) is 2.39. The molecule has 1 heterocycles. The van der Waals surface area contributed by atoms with Crippen molar-refractivity contribution in [1.29, 1.82) is 0 Å². The summed E-state index contributed by atoms with van der Waals surface area (Å²) in [5.41, 5.74) is 0.797. The second kappa shape index (κ2) is 6.30. The summed E-state index contributed by atoms with van der Waals surface area (Å²) in [6, 6.07) is 6.77. The summed E-state index contributed by atoms with van der Waals surface area (Å²) in [7, 11) is 0. The first-order valence-electron chi connectivity index (χ1n) is 6.90. The van der Waals surface area contributed by atoms with Crippen LogP contribution in [0.4, 0.5) is 4.39 Å². The van der Waals surface area contributed by atoms with Crippen LogP contribution in [0.15, 0.2) is 24.3 Å². The molecule has 2 rings (SSSR count). The summed E-state index contributed by atoms with van der Waals surface area (Å²) in [4.78, 5) is 0. The number of hydrogen-bond donors (Lipinski definition) is 2. The number of benzene rings is 1. The lowest BCUT2D eigenvalue weighted by Crippen LogP contribution is -2.45. The van der Waals surface area contributed by atoms with Crippen molar-refractivity contribution in [3.8, 4) is 0 Å². The molecule has 1 aromatic carbocycles. The highest BCUT2D eigenvalue weighted by Crippen LogP contribution is 2.26. The largest absolute Gasteiger partial charge is 0.387 e. The summed E-state index contributed by atoms with van der Waals surface area (Å²) >= 11 is 0. The molecular weight excluding hydrogens is 229 g/mol. The fraction of sp³-hybridized carbons (Fsp3) is 0.600. The lowest BCUT2D eigenvalue weighted by Gasteiger charge is -2.34. The van der Waals surface area contributed by atoms with E-state index < -0.39 is 6.10 Å². The van der Waals surface area contributed by atoms with Gasteiger partial charge in [0.2, 0.25) is 0 Å². The van der Waals surface area contributed by atoms with Gasteiger partial charge in [0.05, 0.1) is 6.10 Å². The number of nitrogens with one attached hydrogen (secondary N) is 1. The molecule has 1 aliphatic heterocycles. The molecule has 0 aliphatic carbocycles. The summed E-state index contributed by atoms with van der Waals surface area (Å²) < 4.78 is 12.9. The Bertz CT molecular complexity index is 363. The molecule has 1 aromatic rings. The molecule has 0 bridgehead atoms. The van der Waals surface area contributed by atoms with Crippen molar-refractivity contribution in [2.45, 2.75) is 57.2 Å². The van der Waals surface area contributed by atoms with Crippen molar-refractivity contribution in [3.63, 3.8) is 0 Å². The van der Waals surface area contributed by atoms with Gasteiger partial charge >= 0.3 is 0 Å². The second-order valence-electron chi connectivity index (χ2n) is 5.19. The van der Waals surface area contributed by atoms with Crippen molar-refractivity contribution < 1.29 is 9.50 Å². The fourth-order valence-corrected chi connectivity index (χ4v) is 2.77. The van der Waals surface area contributed by atoms with E-state index in [0.29, 0.717) is 6.04 Å². The smallest absolute Gasteiger partial charge is 0.123 e. The van der Waals surface area contributed by atoms with Crippen LogP contribution in [0.1, 0.15) is 50.7 Å². The molecule has 100 valence electrons. The van der Waals surface area contributed by atoms with E-state index in [1.165, 1.54) is 18.6 Å². The molecular formula is C15H22FNO. The zero-order valence-corrected chi connectivity index (χ0v) is 10.9. The van der Waals surface area contributed by atoms with Crippen LogP contribution in [0.2, 0.25) is 0 Å². The van der Waals surface area contributed by atoms with E-state index >= 15 is 0 Å². The normalized spacial score (nSPS) is 25.9. The Balaban J connectivity index is 1.99. The highest BCUT2D eigenvalue weighted by molar-refractivity contribution is 5.20. The Labute approximate surface area is 108 Å². The predicted octanol–water partition coefficient (Wildman–Crippen LogP) is 3.17. The third-order valence-electron chi connectivity index (χ3n) is 3.75. The summed E-state index contributed by atoms with van der Waals surface area (Å²) in [5.74, 6) is -0.258. The van der Waals surface area contributed by atoms with Gasteiger partial charge in [0, 0.05) is 12.1 Å². The van der Waals surface area contributed by atoms with Gasteiger partial charge in [-0.05, 0) is 37.0 Å². The minimum atomic E-state index is -0.537. The van der Waals surface area contributed by atoms with Crippen LogP contribution >= 0.6 is 0 Å². The lowest BCUT2D eigenvalue weighted by molar-refractivity contribution is 0.0997. The van der Waals surface area contributed by atoms with Gasteiger partial charge in [-0.15, -0.1) is 0 Å². The van der Waals surface area contributed by atoms with E-state index in [1.54, 1.807) is 12.1 Å². The molecule has 1 fully saturated rings. The highest BCUT2D eigenvalue weighted by Gasteiger charge is 2.26. The first kappa shape index (κ1) is 13.5. The zero-order valence-electron chi connectivity index (χ0n) is 10.9. The van der Waals surface area contributed by atoms with Crippen molar-refractivity contribution in [2.75, 3.05) is 0 Å². The van der Waals surface area contributed by atoms with E-state index in [9.17, 15) is 9.50 Å². The van der Waals surface area contributed by atoms with Gasteiger partial charge in [-0.25, -0.2) is 4.39 Å². The van der Waals surface area contributed by atoms with E-state index in [-0.39, 0.29) is 11.9 Å². The van der Waals surface area contributed by atoms with Crippen LogP contribution in [0.3, 0.4) is 0 Å². The van der Waals surface area contributed by atoms with Gasteiger partial charge in [-0.2, -0.15) is 0 Å². The minimum absolute atomic E-state index is 0.0979. The minimum Gasteiger partial charge on any atom is -0.387 e. The number of aliphatic hydroxyl groups excluding tert-OH is 1. The maximum absolute atomic E-state index is 12.9. The molecule has 0 aromatic heterocycles. The summed E-state index contributed by atoms with van der Waals surface area (Å²) in [6.07, 6.45) is 5.12. The monoisotopic (exact) mass is 251 g/mol. The van der Waals surface area contributed by atoms with E-state index in [4.69, 9.17) is 0 Å². The van der Waals surface area contributed by atoms with Gasteiger partial charge in [0.15, 0.2) is 0 Å². The number of halogens is 1. The van der Waals surface area contributed by atoms with E-state index in [1.807, 2.05) is 0 Å². The molecule has 0 unspecified atom stereocenters. The first-order valence-corrected chi connectivity index (χ1v) is 6.90. The molecule has 0 spiro atoms. The third-order valence-corrected chi connectivity index (χ3v) is 3.75. The Morgan fingerprint density at radius 2 is 2.06 bits per heavy atom. The lowest BCUT2D eigenvalue weighted by atomic mass is 9.90. The average molecular weight is 251 g/mol. The van der Waals surface area contributed by atoms with Gasteiger partial charge < -0.3 is 10.4 Å². The van der Waals surface area contributed by atoms with Crippen LogP contribution in [0, 0.1) is 5.82 Å². The van der Waals surface area contributed by atoms with Crippen LogP contribution in [0.5, 0.6) is 0 Å². The van der Waals surface area contributed by atoms with E-state index in [2.05, 4.69) is 12.2 Å². The first-order chi connectivity index (χ1) is 8.70. The molecule has 18 heavy (non-hydrogen) atoms. The van der Waals surface area contributed by atoms with Crippen LogP contribution in [-0.4, -0.2) is 17.2 Å². The van der Waals surface area contributed by atoms with Gasteiger partial charge in [-0.1, -0.05) is 31.9 Å². The predicted molar refractivity (Wildman–Crippen MR) is 70.8 cm³/mol. The zero-order chi connectivity index (χ0) is 13.0. The van der Waals surface area contributed by atoms with Crippen molar-refractivity contribution >= 4 is 0 Å². The number of aliphatic hydroxyl groups is 1. The van der Waals surface area contributed by atoms with Crippen molar-refractivity contribution in [3.05, 3.63) is 35.6 Å². The molecule has 1 aliphatic rings. The quantitative estimate of drug-likeness (QED) is 0.861. The molecule has 3 atom stereocenters. The molecule has 3 heteroatoms. The Morgan fingerprint density at radius 1 is 1.33 bits per heavy atom. The Morgan fingerprint density at radius 3 is 2.72 bits per heavy atom. The van der Waals surface area contributed by atoms with E-state index in [0.717, 1.165) is 31.2 Å². The SMILES string of the molecule is CCC[C@H]1CCC[C@H]([C@H](O)c2ccc(F)cc2)N1. The van der Waals surface area contributed by atoms with Crippen molar-refractivity contribution in [2.24, 2.45) is 0 Å². The Kier molecular flexibility index (Phi) is 4.72. The maximum atomic E-state index is 12.9. The van der Waals surface area contributed by atoms with Gasteiger partial charge in [0.25, 0.3) is 0 Å². The number of hydrogen-bond acceptors (Lipinski definition) is 2. The maximum Gasteiger partial charge on any atom is 0.123 e. The van der Waals surface area contributed by atoms with Crippen LogP contribution < -0.4 is 5.32 Å². The number of rotatable bonds is 4. The third kappa shape index (κ3) is 3.30. The summed E-state index contributed by atoms with van der Waals surface area (Å²) in [6.45, 7) is 2.18. The molecule has 1 saturated heterocycles. The van der Waals surface area contributed by atoms with Gasteiger partial charge in [0.1, 0.15) is 5.82 Å². The number of piperidine rings is 1. The standard InChI is InChI=1S/C15H22FNO/c1-2-4-13-5-3-6-14(17-13)15(18)11-7-9-12(16)10-8-11/h7-10,13-15,17-18H,2-6H2,1H3/t13-,14+,15+/m0/s1. The van der Waals surface area contributed by atoms with Crippen molar-refractivity contribution in [1.82, 2.24) is 5.32 Å². The molecule has 2 N–H and O–H groups in total. The molecule has 2 nitrogen and oxygen atoms in total. The van der Waals surface area contributed by atoms with Crippen LogP contribution in [0.25, 0.3) is 0 Å². The Hall–Kier alpha value is -0.930. The topological polar surface area (TPSA) is 32.3 Å².